The molecule has 190 valence electrons. The Hall–Kier alpha value is -1.49. The topological polar surface area (TPSA) is 112 Å². The van der Waals surface area contributed by atoms with Crippen LogP contribution in [-0.4, -0.2) is 79.7 Å². The van der Waals surface area contributed by atoms with Gasteiger partial charge in [0, 0.05) is 31.0 Å². The van der Waals surface area contributed by atoms with E-state index in [9.17, 15) is 19.8 Å². The number of carbonyl (C=O) groups excluding carboxylic acids is 2. The zero-order valence-electron chi connectivity index (χ0n) is 20.2. The van der Waals surface area contributed by atoms with Crippen molar-refractivity contribution in [1.82, 2.24) is 0 Å². The van der Waals surface area contributed by atoms with E-state index in [4.69, 9.17) is 18.9 Å². The SMILES string of the molecule is COCOCC(=O)C1(O)C(OCOC)CC2C3CCC4=CC(=O)C=CC4(C)C3(F)C(O)CC21C. The van der Waals surface area contributed by atoms with E-state index < -0.39 is 58.5 Å². The third-order valence-electron chi connectivity index (χ3n) is 9.08. The first-order valence-electron chi connectivity index (χ1n) is 11.7. The van der Waals surface area contributed by atoms with Crippen molar-refractivity contribution in [2.45, 2.75) is 63.0 Å². The van der Waals surface area contributed by atoms with E-state index in [1.54, 1.807) is 19.9 Å². The highest BCUT2D eigenvalue weighted by Crippen LogP contribution is 2.70. The monoisotopic (exact) mass is 482 g/mol. The van der Waals surface area contributed by atoms with E-state index in [1.165, 1.54) is 26.4 Å². The third kappa shape index (κ3) is 3.32. The van der Waals surface area contributed by atoms with Crippen LogP contribution in [0.5, 0.6) is 0 Å². The van der Waals surface area contributed by atoms with E-state index in [-0.39, 0.29) is 32.2 Å². The fourth-order valence-corrected chi connectivity index (χ4v) is 7.37. The standard InChI is InChI=1S/C25H35FO8/c1-22-8-7-16(27)9-15(22)5-6-17-18-10-21(34-14-32-4)25(30,20(29)12-33-13-31-3)23(18,2)11-19(28)24(17,22)26/h7-9,17-19,21,28,30H,5-6,10-14H2,1-4H3. The summed E-state index contributed by atoms with van der Waals surface area (Å²) in [7, 11) is 2.86. The quantitative estimate of drug-likeness (QED) is 0.399. The van der Waals surface area contributed by atoms with Crippen LogP contribution in [0.25, 0.3) is 0 Å². The lowest BCUT2D eigenvalue weighted by molar-refractivity contribution is -0.228. The fourth-order valence-electron chi connectivity index (χ4n) is 7.37. The summed E-state index contributed by atoms with van der Waals surface area (Å²) in [4.78, 5) is 25.3. The molecule has 9 heteroatoms. The maximum atomic E-state index is 17.2. The van der Waals surface area contributed by atoms with Gasteiger partial charge in [-0.2, -0.15) is 0 Å². The number of aliphatic hydroxyl groups excluding tert-OH is 1. The van der Waals surface area contributed by atoms with E-state index in [0.29, 0.717) is 18.4 Å². The van der Waals surface area contributed by atoms with Crippen LogP contribution in [0.4, 0.5) is 4.39 Å². The van der Waals surface area contributed by atoms with Crippen molar-refractivity contribution in [1.29, 1.82) is 0 Å². The number of aliphatic hydroxyl groups is 2. The highest BCUT2D eigenvalue weighted by atomic mass is 19.1. The molecule has 2 N–H and O–H groups in total. The molecule has 4 rings (SSSR count). The number of alkyl halides is 1. The molecule has 3 saturated carbocycles. The lowest BCUT2D eigenvalue weighted by Gasteiger charge is -2.62. The van der Waals surface area contributed by atoms with Gasteiger partial charge in [0.1, 0.15) is 20.2 Å². The molecule has 0 aliphatic heterocycles. The number of halogens is 1. The average Bonchev–Trinajstić information content (AvgIpc) is 3.01. The summed E-state index contributed by atoms with van der Waals surface area (Å²) in [5, 5.41) is 23.3. The molecule has 8 atom stereocenters. The minimum atomic E-state index is -2.06. The lowest BCUT2D eigenvalue weighted by atomic mass is 9.44. The van der Waals surface area contributed by atoms with Crippen LogP contribution in [0.2, 0.25) is 0 Å². The van der Waals surface area contributed by atoms with Gasteiger partial charge in [0.15, 0.2) is 22.8 Å². The van der Waals surface area contributed by atoms with Crippen LogP contribution < -0.4 is 0 Å². The van der Waals surface area contributed by atoms with Gasteiger partial charge in [-0.3, -0.25) is 9.59 Å². The predicted octanol–water partition coefficient (Wildman–Crippen LogP) is 1.88. The second kappa shape index (κ2) is 8.87. The number of rotatable bonds is 8. The summed E-state index contributed by atoms with van der Waals surface area (Å²) in [6.45, 7) is 2.78. The number of methoxy groups -OCH3 is 2. The molecule has 3 fully saturated rings. The van der Waals surface area contributed by atoms with Crippen LogP contribution in [0.3, 0.4) is 0 Å². The first-order chi connectivity index (χ1) is 16.0. The minimum absolute atomic E-state index is 0.122. The Kier molecular flexibility index (Phi) is 6.68. The van der Waals surface area contributed by atoms with Crippen molar-refractivity contribution >= 4 is 11.6 Å². The minimum Gasteiger partial charge on any atom is -0.390 e. The molecule has 0 saturated heterocycles. The summed E-state index contributed by atoms with van der Waals surface area (Å²) in [5.41, 5.74) is -5.72. The van der Waals surface area contributed by atoms with E-state index in [1.807, 2.05) is 0 Å². The maximum absolute atomic E-state index is 17.2. The van der Waals surface area contributed by atoms with Gasteiger partial charge in [-0.25, -0.2) is 4.39 Å². The van der Waals surface area contributed by atoms with Crippen molar-refractivity contribution in [3.05, 3.63) is 23.8 Å². The Bertz CT molecular complexity index is 903. The zero-order valence-corrected chi connectivity index (χ0v) is 20.2. The Balaban J connectivity index is 1.75. The van der Waals surface area contributed by atoms with Crippen molar-refractivity contribution < 1.29 is 43.1 Å². The fraction of sp³-hybridized carbons (Fsp3) is 0.760. The number of fused-ring (bicyclic) bond motifs is 5. The van der Waals surface area contributed by atoms with Gasteiger partial charge in [-0.05, 0) is 50.7 Å². The van der Waals surface area contributed by atoms with Crippen molar-refractivity contribution in [2.75, 3.05) is 34.4 Å². The molecule has 4 aliphatic rings. The van der Waals surface area contributed by atoms with Crippen molar-refractivity contribution in [2.24, 2.45) is 22.7 Å². The first-order valence-corrected chi connectivity index (χ1v) is 11.7. The first kappa shape index (κ1) is 25.6. The van der Waals surface area contributed by atoms with E-state index in [0.717, 1.165) is 0 Å². The highest BCUT2D eigenvalue weighted by molar-refractivity contribution is 6.01. The summed E-state index contributed by atoms with van der Waals surface area (Å²) >= 11 is 0. The summed E-state index contributed by atoms with van der Waals surface area (Å²) in [5.74, 6) is -1.89. The zero-order chi connectivity index (χ0) is 24.9. The number of hydrogen-bond donors (Lipinski definition) is 2. The molecular formula is C25H35FO8. The van der Waals surface area contributed by atoms with Crippen LogP contribution >= 0.6 is 0 Å². The normalized spacial score (nSPS) is 45.4. The molecular weight excluding hydrogens is 447 g/mol. The number of hydrogen-bond acceptors (Lipinski definition) is 8. The molecule has 0 aromatic rings. The smallest absolute Gasteiger partial charge is 0.193 e. The second-order valence-corrected chi connectivity index (χ2v) is 10.5. The number of ketones is 2. The summed E-state index contributed by atoms with van der Waals surface area (Å²) < 4.78 is 38.1. The second-order valence-electron chi connectivity index (χ2n) is 10.5. The number of carbonyl (C=O) groups is 2. The van der Waals surface area contributed by atoms with Crippen LogP contribution in [0, 0.1) is 22.7 Å². The van der Waals surface area contributed by atoms with Gasteiger partial charge in [-0.1, -0.05) is 18.6 Å². The van der Waals surface area contributed by atoms with Gasteiger partial charge in [0.2, 0.25) is 0 Å². The van der Waals surface area contributed by atoms with Crippen LogP contribution in [0.15, 0.2) is 23.8 Å². The highest BCUT2D eigenvalue weighted by Gasteiger charge is 2.76. The third-order valence-corrected chi connectivity index (χ3v) is 9.08. The van der Waals surface area contributed by atoms with Crippen molar-refractivity contribution in [3.63, 3.8) is 0 Å². The van der Waals surface area contributed by atoms with Crippen molar-refractivity contribution in [3.8, 4) is 0 Å². The van der Waals surface area contributed by atoms with Gasteiger partial charge in [-0.15, -0.1) is 0 Å². The Morgan fingerprint density at radius 2 is 1.91 bits per heavy atom. The number of Topliss-reactive ketones (excluding diaryl/α,β-unsaturated/α-hetero) is 1. The summed E-state index contributed by atoms with van der Waals surface area (Å²) in [6.07, 6.45) is 2.96. The molecule has 8 unspecified atom stereocenters. The molecule has 34 heavy (non-hydrogen) atoms. The van der Waals surface area contributed by atoms with Gasteiger partial charge >= 0.3 is 0 Å². The average molecular weight is 483 g/mol. The maximum Gasteiger partial charge on any atom is 0.193 e. The predicted molar refractivity (Wildman–Crippen MR) is 118 cm³/mol. The number of ether oxygens (including phenoxy) is 4. The molecule has 8 nitrogen and oxygen atoms in total. The van der Waals surface area contributed by atoms with Gasteiger partial charge < -0.3 is 29.2 Å². The lowest BCUT2D eigenvalue weighted by Crippen LogP contribution is -2.70. The largest absolute Gasteiger partial charge is 0.390 e. The molecule has 0 aromatic heterocycles. The van der Waals surface area contributed by atoms with E-state index in [2.05, 4.69) is 0 Å². The molecule has 4 aliphatic carbocycles. The Labute approximate surface area is 199 Å². The Morgan fingerprint density at radius 1 is 1.21 bits per heavy atom. The van der Waals surface area contributed by atoms with Gasteiger partial charge in [0.25, 0.3) is 0 Å². The van der Waals surface area contributed by atoms with E-state index >= 15 is 4.39 Å². The van der Waals surface area contributed by atoms with Gasteiger partial charge in [0.05, 0.1) is 12.2 Å². The molecule has 0 aromatic carbocycles. The molecule has 0 radical (unpaired) electrons. The molecule has 0 spiro atoms. The Morgan fingerprint density at radius 3 is 2.59 bits per heavy atom. The molecule has 0 amide bonds. The molecule has 0 heterocycles. The van der Waals surface area contributed by atoms with Crippen LogP contribution in [0.1, 0.15) is 39.5 Å². The number of allylic oxidation sites excluding steroid dienone is 4. The molecule has 0 bridgehead atoms. The van der Waals surface area contributed by atoms with Crippen LogP contribution in [-0.2, 0) is 28.5 Å². The summed E-state index contributed by atoms with van der Waals surface area (Å²) in [6, 6.07) is 0.